The van der Waals surface area contributed by atoms with Crippen molar-refractivity contribution < 1.29 is 18.3 Å². The fraction of sp³-hybridized carbons (Fsp3) is 0.267. The Morgan fingerprint density at radius 1 is 0.266 bits per heavy atom. The molecule has 0 aliphatic heterocycles. The Labute approximate surface area is 385 Å². The van der Waals surface area contributed by atoms with E-state index in [0.29, 0.717) is 0 Å². The minimum absolute atomic E-state index is 1.28. The molecule has 8 rings (SSSR count). The molecule has 0 atom stereocenters. The fourth-order valence-electron chi connectivity index (χ4n) is 8.19. The van der Waals surface area contributed by atoms with Crippen molar-refractivity contribution in [3.63, 3.8) is 0 Å². The van der Waals surface area contributed by atoms with Crippen molar-refractivity contribution in [2.45, 2.75) is 83.1 Å². The summed E-state index contributed by atoms with van der Waals surface area (Å²) in [6.07, 6.45) is 0. The van der Waals surface area contributed by atoms with Crippen LogP contribution in [0.3, 0.4) is 0 Å². The first kappa shape index (κ1) is 48.5. The van der Waals surface area contributed by atoms with Crippen LogP contribution in [-0.2, 0) is 28.2 Å². The molecule has 64 heavy (non-hydrogen) atoms. The van der Waals surface area contributed by atoms with Gasteiger partial charge in [-0.15, -0.1) is 0 Å². The quantitative estimate of drug-likeness (QED) is 0.157. The van der Waals surface area contributed by atoms with Gasteiger partial charge in [0.25, 0.3) is 0 Å². The normalized spacial score (nSPS) is 10.5. The summed E-state index contributed by atoms with van der Waals surface area (Å²) in [7, 11) is 8.47. The van der Waals surface area contributed by atoms with Crippen molar-refractivity contribution in [1.82, 2.24) is 0 Å². The van der Waals surface area contributed by atoms with E-state index < -0.39 is 0 Å². The van der Waals surface area contributed by atoms with Crippen LogP contribution in [0.15, 0.2) is 146 Å². The smallest absolute Gasteiger partial charge is 0.199 e. The minimum atomic E-state index is 1.28. The van der Waals surface area contributed by atoms with Gasteiger partial charge in [-0.25, -0.2) is 0 Å². The van der Waals surface area contributed by atoms with Crippen molar-refractivity contribution in [2.75, 3.05) is 0 Å². The second kappa shape index (κ2) is 21.7. The molecule has 8 aromatic rings. The number of pyridine rings is 4. The van der Waals surface area contributed by atoms with Crippen LogP contribution in [0.1, 0.15) is 67.3 Å². The standard InChI is InChI=1S/4C15H18N/c1-11-7-5-9-14(13(11)3)15-10-6-8-12(2)16(15)4;1-11-7-5-8-12(2)15(11)14-10-6-9-13(3)16(14)4;1-11-8-9-14(12(2)10-11)15-7-5-6-13(3)16(15)4;1-11-8-9-12(2)14(10-11)15-7-5-6-13(3)16(15)4/h4*5-10H,1-4H3/q4*+1. The van der Waals surface area contributed by atoms with Crippen LogP contribution in [0.2, 0.25) is 0 Å². The van der Waals surface area contributed by atoms with Gasteiger partial charge in [0.15, 0.2) is 22.8 Å². The van der Waals surface area contributed by atoms with Gasteiger partial charge >= 0.3 is 0 Å². The van der Waals surface area contributed by atoms with Crippen molar-refractivity contribution in [2.24, 2.45) is 28.2 Å². The van der Waals surface area contributed by atoms with E-state index >= 15 is 0 Å². The molecule has 0 saturated heterocycles. The number of nitrogens with zero attached hydrogens (tertiary/aromatic N) is 4. The molecule has 328 valence electrons. The number of hydrogen-bond acceptors (Lipinski definition) is 0. The highest BCUT2D eigenvalue weighted by molar-refractivity contribution is 5.66. The molecule has 4 heterocycles. The van der Waals surface area contributed by atoms with E-state index in [2.05, 4.69) is 275 Å². The van der Waals surface area contributed by atoms with Crippen LogP contribution in [0.5, 0.6) is 0 Å². The molecule has 4 nitrogen and oxygen atoms in total. The molecular weight excluding hydrogens is 777 g/mol. The lowest BCUT2D eigenvalue weighted by atomic mass is 9.99. The van der Waals surface area contributed by atoms with E-state index in [-0.39, 0.29) is 0 Å². The van der Waals surface area contributed by atoms with Crippen LogP contribution in [-0.4, -0.2) is 0 Å². The Balaban J connectivity index is 0.000000161. The molecule has 0 amide bonds. The van der Waals surface area contributed by atoms with Crippen LogP contribution >= 0.6 is 0 Å². The Hall–Kier alpha value is -6.52. The molecule has 4 aromatic carbocycles. The van der Waals surface area contributed by atoms with E-state index in [0.717, 1.165) is 0 Å². The third kappa shape index (κ3) is 11.5. The Kier molecular flexibility index (Phi) is 16.5. The molecule has 0 N–H and O–H groups in total. The minimum Gasteiger partial charge on any atom is -0.199 e. The second-order valence-electron chi connectivity index (χ2n) is 17.6. The van der Waals surface area contributed by atoms with Gasteiger partial charge in [-0.05, 0) is 131 Å². The third-order valence-electron chi connectivity index (χ3n) is 12.9. The average Bonchev–Trinajstić information content (AvgIpc) is 3.25. The van der Waals surface area contributed by atoms with E-state index in [1.54, 1.807) is 0 Å². The highest BCUT2D eigenvalue weighted by Crippen LogP contribution is 2.26. The lowest BCUT2D eigenvalue weighted by Gasteiger charge is -2.08. The summed E-state index contributed by atoms with van der Waals surface area (Å²) in [5.74, 6) is 0. The van der Waals surface area contributed by atoms with Crippen molar-refractivity contribution in [1.29, 1.82) is 0 Å². The van der Waals surface area contributed by atoms with Gasteiger partial charge in [0.1, 0.15) is 28.2 Å². The number of benzene rings is 4. The SMILES string of the molecule is Cc1ccc(-c2cccc(C)[n+]2C)c(C)c1.Cc1ccc(C)c(-c2cccc(C)[n+]2C)c1.Cc1cccc(-c2cccc(C)[n+]2C)c1C.Cc1cccc(C)c1-c1cccc(C)[n+]1C. The molecule has 4 aromatic heterocycles. The third-order valence-corrected chi connectivity index (χ3v) is 12.9. The first-order valence-electron chi connectivity index (χ1n) is 22.5. The zero-order valence-electron chi connectivity index (χ0n) is 41.6. The molecular formula is C60H72N4+4. The number of hydrogen-bond donors (Lipinski definition) is 0. The van der Waals surface area contributed by atoms with Gasteiger partial charge in [-0.3, -0.25) is 0 Å². The van der Waals surface area contributed by atoms with Crippen LogP contribution < -0.4 is 18.3 Å². The highest BCUT2D eigenvalue weighted by Gasteiger charge is 2.17. The highest BCUT2D eigenvalue weighted by atomic mass is 15.0. The van der Waals surface area contributed by atoms with Crippen LogP contribution in [0.4, 0.5) is 0 Å². The Bertz CT molecular complexity index is 2760. The molecule has 0 aliphatic carbocycles. The first-order valence-corrected chi connectivity index (χ1v) is 22.5. The topological polar surface area (TPSA) is 15.5 Å². The van der Waals surface area contributed by atoms with Crippen LogP contribution in [0, 0.1) is 83.1 Å². The second-order valence-corrected chi connectivity index (χ2v) is 17.6. The summed E-state index contributed by atoms with van der Waals surface area (Å²) in [6, 6.07) is 51.9. The zero-order valence-corrected chi connectivity index (χ0v) is 41.6. The average molecular weight is 849 g/mol. The maximum atomic E-state index is 2.25. The number of aryl methyl sites for hydroxylation is 11. The predicted molar refractivity (Wildman–Crippen MR) is 269 cm³/mol. The zero-order chi connectivity index (χ0) is 46.8. The molecule has 0 fully saturated rings. The summed E-state index contributed by atoms with van der Waals surface area (Å²) < 4.78 is 8.95. The maximum Gasteiger partial charge on any atom is 0.212 e. The predicted octanol–water partition coefficient (Wildman–Crippen LogP) is 12.4. The number of aromatic nitrogens is 4. The van der Waals surface area contributed by atoms with Gasteiger partial charge < -0.3 is 0 Å². The van der Waals surface area contributed by atoms with Crippen LogP contribution in [0.25, 0.3) is 45.0 Å². The molecule has 0 unspecified atom stereocenters. The Morgan fingerprint density at radius 3 is 1.14 bits per heavy atom. The van der Waals surface area contributed by atoms with E-state index in [1.165, 1.54) is 112 Å². The molecule has 0 saturated carbocycles. The van der Waals surface area contributed by atoms with E-state index in [4.69, 9.17) is 0 Å². The van der Waals surface area contributed by atoms with Gasteiger partial charge in [0.05, 0.1) is 5.56 Å². The molecule has 0 radical (unpaired) electrons. The molecule has 0 bridgehead atoms. The van der Waals surface area contributed by atoms with Crippen molar-refractivity contribution in [3.8, 4) is 45.0 Å². The largest absolute Gasteiger partial charge is 0.212 e. The van der Waals surface area contributed by atoms with Gasteiger partial charge in [-0.1, -0.05) is 65.7 Å². The lowest BCUT2D eigenvalue weighted by molar-refractivity contribution is -0.666. The van der Waals surface area contributed by atoms with Crippen molar-refractivity contribution in [3.05, 3.63) is 213 Å². The van der Waals surface area contributed by atoms with E-state index in [1.807, 2.05) is 0 Å². The molecule has 0 spiro atoms. The molecule has 4 heteroatoms. The Morgan fingerprint density at radius 2 is 0.641 bits per heavy atom. The van der Waals surface area contributed by atoms with E-state index in [9.17, 15) is 0 Å². The molecule has 0 aliphatic rings. The summed E-state index contributed by atoms with van der Waals surface area (Å²) in [5, 5.41) is 0. The lowest BCUT2D eigenvalue weighted by Crippen LogP contribution is -2.34. The number of rotatable bonds is 4. The summed E-state index contributed by atoms with van der Waals surface area (Å²) in [4.78, 5) is 0. The summed E-state index contributed by atoms with van der Waals surface area (Å²) in [5.41, 5.74) is 26.2. The monoisotopic (exact) mass is 849 g/mol. The van der Waals surface area contributed by atoms with Crippen molar-refractivity contribution >= 4 is 0 Å². The summed E-state index contributed by atoms with van der Waals surface area (Å²) in [6.45, 7) is 25.8. The fourth-order valence-corrected chi connectivity index (χ4v) is 8.19. The van der Waals surface area contributed by atoms with Gasteiger partial charge in [0, 0.05) is 92.9 Å². The first-order chi connectivity index (χ1) is 30.4. The maximum absolute atomic E-state index is 2.25. The van der Waals surface area contributed by atoms with Gasteiger partial charge in [-0.2, -0.15) is 18.3 Å². The van der Waals surface area contributed by atoms with Gasteiger partial charge in [0.2, 0.25) is 22.8 Å². The summed E-state index contributed by atoms with van der Waals surface area (Å²) >= 11 is 0.